The van der Waals surface area contributed by atoms with Crippen molar-refractivity contribution in [1.29, 1.82) is 0 Å². The zero-order chi connectivity index (χ0) is 23.8. The van der Waals surface area contributed by atoms with Gasteiger partial charge >= 0.3 is 0 Å². The maximum atomic E-state index is 13.7. The SMILES string of the molecule is COc1cc(/C=C2/OC(C)[C@H]3CCCC(c4ccc(Cl)cc4)N3C2=O)ccc1-n1cnc(C)c1. The van der Waals surface area contributed by atoms with Crippen LogP contribution in [-0.4, -0.2) is 39.6 Å². The van der Waals surface area contributed by atoms with Crippen molar-refractivity contribution in [3.8, 4) is 11.4 Å². The van der Waals surface area contributed by atoms with E-state index in [4.69, 9.17) is 21.1 Å². The monoisotopic (exact) mass is 477 g/mol. The molecular weight excluding hydrogens is 450 g/mol. The number of nitrogens with zero attached hydrogens (tertiary/aromatic N) is 3. The fraction of sp³-hybridized carbons (Fsp3) is 0.333. The number of aryl methyl sites for hydroxylation is 1. The van der Waals surface area contributed by atoms with Gasteiger partial charge in [0.1, 0.15) is 11.9 Å². The highest BCUT2D eigenvalue weighted by Gasteiger charge is 2.44. The molecule has 7 heteroatoms. The van der Waals surface area contributed by atoms with E-state index in [0.717, 1.165) is 41.8 Å². The summed E-state index contributed by atoms with van der Waals surface area (Å²) in [7, 11) is 1.64. The van der Waals surface area contributed by atoms with Crippen molar-refractivity contribution in [1.82, 2.24) is 14.5 Å². The van der Waals surface area contributed by atoms with E-state index in [1.54, 1.807) is 13.4 Å². The third-order valence-corrected chi connectivity index (χ3v) is 6.97. The molecule has 3 heterocycles. The number of carbonyl (C=O) groups excluding carboxylic acids is 1. The molecule has 3 aromatic rings. The predicted octanol–water partition coefficient (Wildman–Crippen LogP) is 5.72. The summed E-state index contributed by atoms with van der Waals surface area (Å²) in [4.78, 5) is 20.0. The average Bonchev–Trinajstić information content (AvgIpc) is 3.28. The molecule has 0 aliphatic carbocycles. The average molecular weight is 478 g/mol. The van der Waals surface area contributed by atoms with Crippen LogP contribution >= 0.6 is 11.6 Å². The Morgan fingerprint density at radius 2 is 1.97 bits per heavy atom. The molecule has 0 spiro atoms. The molecule has 0 radical (unpaired) electrons. The van der Waals surface area contributed by atoms with E-state index in [1.807, 2.05) is 78.1 Å². The molecule has 2 unspecified atom stereocenters. The van der Waals surface area contributed by atoms with Gasteiger partial charge in [0.15, 0.2) is 5.76 Å². The number of aromatic nitrogens is 2. The van der Waals surface area contributed by atoms with Gasteiger partial charge in [-0.1, -0.05) is 29.8 Å². The van der Waals surface area contributed by atoms with Crippen LogP contribution in [0, 0.1) is 6.92 Å². The zero-order valence-corrected chi connectivity index (χ0v) is 20.3. The lowest BCUT2D eigenvalue weighted by Gasteiger charge is -2.48. The van der Waals surface area contributed by atoms with Crippen LogP contribution in [0.3, 0.4) is 0 Å². The predicted molar refractivity (Wildman–Crippen MR) is 132 cm³/mol. The summed E-state index contributed by atoms with van der Waals surface area (Å²) in [5.74, 6) is 0.979. The number of ether oxygens (including phenoxy) is 2. The van der Waals surface area contributed by atoms with Crippen LogP contribution in [0.4, 0.5) is 0 Å². The number of methoxy groups -OCH3 is 1. The van der Waals surface area contributed by atoms with E-state index in [2.05, 4.69) is 4.98 Å². The standard InChI is InChI=1S/C27H28ClN3O3/c1-17-15-30(16-29-17)24-12-7-19(13-25(24)33-3)14-26-27(32)31-22(18(2)34-26)5-4-6-23(31)20-8-10-21(28)11-9-20/h7-16,18,22-23H,4-6H2,1-3H3/b26-14+/t18?,22-,23?/m1/s1. The third-order valence-electron chi connectivity index (χ3n) is 6.72. The number of benzene rings is 2. The van der Waals surface area contributed by atoms with Crippen LogP contribution in [0.15, 0.2) is 60.7 Å². The van der Waals surface area contributed by atoms with Crippen LogP contribution in [0.5, 0.6) is 5.75 Å². The van der Waals surface area contributed by atoms with Gasteiger partial charge in [0.05, 0.1) is 36.9 Å². The summed E-state index contributed by atoms with van der Waals surface area (Å²) in [6.45, 7) is 3.99. The van der Waals surface area contributed by atoms with Crippen LogP contribution in [0.1, 0.15) is 49.0 Å². The van der Waals surface area contributed by atoms with Crippen molar-refractivity contribution >= 4 is 23.6 Å². The van der Waals surface area contributed by atoms with Crippen molar-refractivity contribution in [2.75, 3.05) is 7.11 Å². The van der Waals surface area contributed by atoms with Gasteiger partial charge in [0.2, 0.25) is 0 Å². The number of carbonyl (C=O) groups is 1. The van der Waals surface area contributed by atoms with Crippen LogP contribution in [0.25, 0.3) is 11.8 Å². The lowest BCUT2D eigenvalue weighted by Crippen LogP contribution is -2.55. The molecule has 0 bridgehead atoms. The van der Waals surface area contributed by atoms with Crippen molar-refractivity contribution < 1.29 is 14.3 Å². The molecule has 0 saturated carbocycles. The molecule has 2 aromatic carbocycles. The van der Waals surface area contributed by atoms with Crippen LogP contribution < -0.4 is 4.74 Å². The number of imidazole rings is 1. The van der Waals surface area contributed by atoms with Gasteiger partial charge < -0.3 is 18.9 Å². The van der Waals surface area contributed by atoms with Crippen LogP contribution in [-0.2, 0) is 9.53 Å². The number of amides is 1. The van der Waals surface area contributed by atoms with Gasteiger partial charge in [-0.2, -0.15) is 0 Å². The van der Waals surface area contributed by atoms with Crippen molar-refractivity contribution in [3.63, 3.8) is 0 Å². The molecule has 0 N–H and O–H groups in total. The fourth-order valence-electron chi connectivity index (χ4n) is 5.05. The van der Waals surface area contributed by atoms with Gasteiger partial charge in [-0.3, -0.25) is 4.79 Å². The Morgan fingerprint density at radius 1 is 1.18 bits per heavy atom. The number of piperidine rings is 1. The normalized spacial score (nSPS) is 23.5. The Kier molecular flexibility index (Phi) is 6.09. The first-order valence-electron chi connectivity index (χ1n) is 11.6. The summed E-state index contributed by atoms with van der Waals surface area (Å²) in [5.41, 5.74) is 3.76. The molecule has 5 rings (SSSR count). The largest absolute Gasteiger partial charge is 0.495 e. The number of hydrogen-bond donors (Lipinski definition) is 0. The molecule has 6 nitrogen and oxygen atoms in total. The van der Waals surface area contributed by atoms with E-state index in [1.165, 1.54) is 0 Å². The Morgan fingerprint density at radius 3 is 2.68 bits per heavy atom. The highest BCUT2D eigenvalue weighted by Crippen LogP contribution is 2.41. The maximum Gasteiger partial charge on any atom is 0.289 e. The van der Waals surface area contributed by atoms with Crippen LogP contribution in [0.2, 0.25) is 5.02 Å². The number of halogens is 1. The zero-order valence-electron chi connectivity index (χ0n) is 19.6. The highest BCUT2D eigenvalue weighted by molar-refractivity contribution is 6.30. The lowest BCUT2D eigenvalue weighted by molar-refractivity contribution is -0.153. The summed E-state index contributed by atoms with van der Waals surface area (Å²) >= 11 is 6.10. The molecule has 1 amide bonds. The van der Waals surface area contributed by atoms with E-state index < -0.39 is 0 Å². The summed E-state index contributed by atoms with van der Waals surface area (Å²) in [5, 5.41) is 0.696. The van der Waals surface area contributed by atoms with Crippen molar-refractivity contribution in [3.05, 3.63) is 82.6 Å². The van der Waals surface area contributed by atoms with Gasteiger partial charge in [0, 0.05) is 11.2 Å². The van der Waals surface area contributed by atoms with Gasteiger partial charge in [0.25, 0.3) is 5.91 Å². The molecule has 2 fully saturated rings. The number of morpholine rings is 1. The second-order valence-electron chi connectivity index (χ2n) is 8.96. The third kappa shape index (κ3) is 4.18. The molecule has 176 valence electrons. The van der Waals surface area contributed by atoms with Crippen molar-refractivity contribution in [2.45, 2.75) is 51.3 Å². The minimum Gasteiger partial charge on any atom is -0.495 e. The van der Waals surface area contributed by atoms with Gasteiger partial charge in [-0.15, -0.1) is 0 Å². The second kappa shape index (κ2) is 9.18. The summed E-state index contributed by atoms with van der Waals surface area (Å²) in [6, 6.07) is 13.7. The maximum absolute atomic E-state index is 13.7. The first-order valence-corrected chi connectivity index (χ1v) is 12.0. The summed E-state index contributed by atoms with van der Waals surface area (Å²) in [6.07, 6.45) is 8.35. The van der Waals surface area contributed by atoms with E-state index >= 15 is 0 Å². The fourth-order valence-corrected chi connectivity index (χ4v) is 5.17. The summed E-state index contributed by atoms with van der Waals surface area (Å²) < 4.78 is 13.7. The Bertz CT molecular complexity index is 1230. The molecule has 2 aliphatic rings. The van der Waals surface area contributed by atoms with Gasteiger partial charge in [-0.05, 0) is 74.6 Å². The minimum absolute atomic E-state index is 0.0136. The molecule has 1 aromatic heterocycles. The molecule has 3 atom stereocenters. The quantitative estimate of drug-likeness (QED) is 0.450. The van der Waals surface area contributed by atoms with Crippen molar-refractivity contribution in [2.24, 2.45) is 0 Å². The lowest BCUT2D eigenvalue weighted by atomic mass is 9.87. The number of hydrogen-bond acceptors (Lipinski definition) is 4. The highest BCUT2D eigenvalue weighted by atomic mass is 35.5. The topological polar surface area (TPSA) is 56.6 Å². The smallest absolute Gasteiger partial charge is 0.289 e. The Hall–Kier alpha value is -3.25. The second-order valence-corrected chi connectivity index (χ2v) is 9.40. The first kappa shape index (κ1) is 22.5. The molecule has 2 saturated heterocycles. The molecular formula is C27H28ClN3O3. The Balaban J connectivity index is 1.47. The van der Waals surface area contributed by atoms with E-state index in [9.17, 15) is 4.79 Å². The van der Waals surface area contributed by atoms with E-state index in [-0.39, 0.29) is 24.1 Å². The first-order chi connectivity index (χ1) is 16.4. The van der Waals surface area contributed by atoms with E-state index in [0.29, 0.717) is 16.5 Å². The number of fused-ring (bicyclic) bond motifs is 1. The van der Waals surface area contributed by atoms with Gasteiger partial charge in [-0.25, -0.2) is 4.98 Å². The Labute approximate surface area is 204 Å². The molecule has 2 aliphatic heterocycles. The molecule has 34 heavy (non-hydrogen) atoms. The number of rotatable bonds is 4. The minimum atomic E-state index is -0.0888.